The maximum Gasteiger partial charge on any atom is 0.407 e. The van der Waals surface area contributed by atoms with Gasteiger partial charge in [0, 0.05) is 31.5 Å². The van der Waals surface area contributed by atoms with Crippen LogP contribution in [0.5, 0.6) is 0 Å². The summed E-state index contributed by atoms with van der Waals surface area (Å²) in [5.74, 6) is 1.16. The summed E-state index contributed by atoms with van der Waals surface area (Å²) in [6, 6.07) is 7.70. The molecule has 1 aliphatic rings. The summed E-state index contributed by atoms with van der Waals surface area (Å²) in [4.78, 5) is 28.4. The molecule has 0 aromatic carbocycles. The second kappa shape index (κ2) is 9.80. The molecular weight excluding hydrogens is 430 g/mol. The summed E-state index contributed by atoms with van der Waals surface area (Å²) in [6.07, 6.45) is 7.30. The molecule has 1 atom stereocenters. The number of imidazole rings is 1. The van der Waals surface area contributed by atoms with Crippen LogP contribution in [0.2, 0.25) is 0 Å². The van der Waals surface area contributed by atoms with Gasteiger partial charge in [0.05, 0.1) is 11.7 Å². The number of hydrogen-bond acceptors (Lipinski definition) is 7. The fourth-order valence-corrected chi connectivity index (χ4v) is 4.39. The number of carbonyl (C=O) groups excluding carboxylic acids is 1. The average Bonchev–Trinajstić information content (AvgIpc) is 3.16. The van der Waals surface area contributed by atoms with Gasteiger partial charge in [-0.3, -0.25) is 9.47 Å². The van der Waals surface area contributed by atoms with Crippen molar-refractivity contribution in [1.82, 2.24) is 29.7 Å². The second-order valence-corrected chi connectivity index (χ2v) is 9.55. The van der Waals surface area contributed by atoms with Crippen LogP contribution in [-0.2, 0) is 4.74 Å². The highest BCUT2D eigenvalue weighted by Crippen LogP contribution is 2.34. The number of nitrogens with zero attached hydrogens (tertiary/aromatic N) is 5. The summed E-state index contributed by atoms with van der Waals surface area (Å²) in [7, 11) is 0. The molecule has 0 saturated carbocycles. The van der Waals surface area contributed by atoms with Gasteiger partial charge in [0.25, 0.3) is 0 Å². The fraction of sp³-hybridized carbons (Fsp3) is 0.440. The molecule has 34 heavy (non-hydrogen) atoms. The van der Waals surface area contributed by atoms with Crippen LogP contribution in [0.4, 0.5) is 10.6 Å². The van der Waals surface area contributed by atoms with Gasteiger partial charge in [0.15, 0.2) is 5.65 Å². The molecule has 3 N–H and O–H groups in total. The molecule has 1 saturated heterocycles. The topological polar surface area (TPSA) is 111 Å². The van der Waals surface area contributed by atoms with Gasteiger partial charge in [-0.25, -0.2) is 19.7 Å². The van der Waals surface area contributed by atoms with Crippen molar-refractivity contribution in [3.8, 4) is 11.4 Å². The Labute approximate surface area is 200 Å². The van der Waals surface area contributed by atoms with Gasteiger partial charge in [-0.2, -0.15) is 0 Å². The second-order valence-electron chi connectivity index (χ2n) is 9.55. The number of fused-ring (bicyclic) bond motifs is 1. The molecule has 1 amide bonds. The standard InChI is InChI=1S/C25H33N7O2/c1-5-8-20(31-15-11-17(12-16-31)29-24(33)34-25(2,3)4)32-22(18-9-6-13-27-21(18)26)30-19-10-7-14-28-23(19)32/h5-7,9-10,13-14,17,20H,1,8,11-12,15-16H2,2-4H3,(H2,26,27)(H,29,33). The summed E-state index contributed by atoms with van der Waals surface area (Å²) in [6.45, 7) is 11.2. The van der Waals surface area contributed by atoms with Crippen molar-refractivity contribution < 1.29 is 9.53 Å². The van der Waals surface area contributed by atoms with Crippen molar-refractivity contribution in [2.24, 2.45) is 0 Å². The zero-order chi connectivity index (χ0) is 24.3. The Hall–Kier alpha value is -3.46. The molecule has 9 heteroatoms. The maximum absolute atomic E-state index is 12.2. The minimum atomic E-state index is -0.514. The van der Waals surface area contributed by atoms with Crippen molar-refractivity contribution in [1.29, 1.82) is 0 Å². The van der Waals surface area contributed by atoms with E-state index in [2.05, 4.69) is 31.3 Å². The Kier molecular flexibility index (Phi) is 6.83. The van der Waals surface area contributed by atoms with Gasteiger partial charge in [0.2, 0.25) is 0 Å². The predicted octanol–water partition coefficient (Wildman–Crippen LogP) is 4.14. The van der Waals surface area contributed by atoms with E-state index in [0.29, 0.717) is 12.2 Å². The maximum atomic E-state index is 12.2. The number of nitrogen functional groups attached to an aromatic ring is 1. The Morgan fingerprint density at radius 2 is 1.97 bits per heavy atom. The highest BCUT2D eigenvalue weighted by atomic mass is 16.6. The van der Waals surface area contributed by atoms with E-state index >= 15 is 0 Å². The van der Waals surface area contributed by atoms with E-state index in [-0.39, 0.29) is 18.3 Å². The average molecular weight is 464 g/mol. The van der Waals surface area contributed by atoms with E-state index in [9.17, 15) is 4.79 Å². The largest absolute Gasteiger partial charge is 0.444 e. The summed E-state index contributed by atoms with van der Waals surface area (Å²) in [5, 5.41) is 3.01. The molecule has 1 aliphatic heterocycles. The van der Waals surface area contributed by atoms with E-state index in [1.54, 1.807) is 12.4 Å². The van der Waals surface area contributed by atoms with Crippen LogP contribution in [0.3, 0.4) is 0 Å². The Morgan fingerprint density at radius 1 is 1.26 bits per heavy atom. The van der Waals surface area contributed by atoms with Crippen LogP contribution in [-0.4, -0.2) is 55.2 Å². The number of alkyl carbamates (subject to hydrolysis) is 1. The first-order valence-corrected chi connectivity index (χ1v) is 11.6. The number of likely N-dealkylation sites (tertiary alicyclic amines) is 1. The molecular formula is C25H33N7O2. The van der Waals surface area contributed by atoms with Crippen LogP contribution in [0.25, 0.3) is 22.6 Å². The molecule has 3 aromatic rings. The number of aromatic nitrogens is 4. The first kappa shape index (κ1) is 23.7. The van der Waals surface area contributed by atoms with Crippen molar-refractivity contribution in [3.63, 3.8) is 0 Å². The molecule has 3 aromatic heterocycles. The quantitative estimate of drug-likeness (QED) is 0.529. The number of nitrogens with two attached hydrogens (primary N) is 1. The summed E-state index contributed by atoms with van der Waals surface area (Å²) < 4.78 is 7.57. The number of rotatable bonds is 6. The third-order valence-corrected chi connectivity index (χ3v) is 5.88. The summed E-state index contributed by atoms with van der Waals surface area (Å²) in [5.41, 5.74) is 8.09. The lowest BCUT2D eigenvalue weighted by molar-refractivity contribution is 0.0450. The molecule has 1 fully saturated rings. The lowest BCUT2D eigenvalue weighted by Crippen LogP contribution is -2.47. The number of amides is 1. The monoisotopic (exact) mass is 463 g/mol. The van der Waals surface area contributed by atoms with E-state index in [0.717, 1.165) is 48.5 Å². The zero-order valence-electron chi connectivity index (χ0n) is 20.1. The van der Waals surface area contributed by atoms with Crippen molar-refractivity contribution >= 4 is 23.1 Å². The molecule has 0 bridgehead atoms. The van der Waals surface area contributed by atoms with Crippen LogP contribution in [0, 0.1) is 0 Å². The van der Waals surface area contributed by atoms with Crippen molar-refractivity contribution in [2.45, 2.75) is 57.8 Å². The lowest BCUT2D eigenvalue weighted by Gasteiger charge is -2.38. The molecule has 0 radical (unpaired) electrons. The molecule has 9 nitrogen and oxygen atoms in total. The van der Waals surface area contributed by atoms with Gasteiger partial charge in [-0.1, -0.05) is 6.08 Å². The smallest absolute Gasteiger partial charge is 0.407 e. The van der Waals surface area contributed by atoms with Crippen LogP contribution in [0.1, 0.15) is 46.2 Å². The fourth-order valence-electron chi connectivity index (χ4n) is 4.39. The van der Waals surface area contributed by atoms with Gasteiger partial charge in [-0.05, 0) is 64.3 Å². The van der Waals surface area contributed by atoms with E-state index < -0.39 is 5.60 Å². The minimum absolute atomic E-state index is 0.0468. The third-order valence-electron chi connectivity index (χ3n) is 5.88. The highest BCUT2D eigenvalue weighted by Gasteiger charge is 2.30. The number of piperidine rings is 1. The Bertz CT molecular complexity index is 1160. The zero-order valence-corrected chi connectivity index (χ0v) is 20.1. The molecule has 0 aliphatic carbocycles. The third kappa shape index (κ3) is 5.20. The lowest BCUT2D eigenvalue weighted by atomic mass is 10.0. The number of carbonyl (C=O) groups is 1. The normalized spacial score (nSPS) is 16.3. The minimum Gasteiger partial charge on any atom is -0.444 e. The number of ether oxygens (including phenoxy) is 1. The molecule has 180 valence electrons. The first-order chi connectivity index (χ1) is 16.3. The Balaban J connectivity index is 1.61. The van der Waals surface area contributed by atoms with Gasteiger partial charge < -0.3 is 15.8 Å². The van der Waals surface area contributed by atoms with E-state index in [4.69, 9.17) is 15.5 Å². The molecule has 4 rings (SSSR count). The van der Waals surface area contributed by atoms with E-state index in [1.807, 2.05) is 51.1 Å². The highest BCUT2D eigenvalue weighted by molar-refractivity contribution is 5.80. The number of pyridine rings is 2. The predicted molar refractivity (Wildman–Crippen MR) is 133 cm³/mol. The van der Waals surface area contributed by atoms with Gasteiger partial charge >= 0.3 is 6.09 Å². The number of hydrogen-bond donors (Lipinski definition) is 2. The Morgan fingerprint density at radius 3 is 2.65 bits per heavy atom. The van der Waals surface area contributed by atoms with Crippen molar-refractivity contribution in [3.05, 3.63) is 49.3 Å². The molecule has 0 spiro atoms. The van der Waals surface area contributed by atoms with Gasteiger partial charge in [0.1, 0.15) is 22.8 Å². The first-order valence-electron chi connectivity index (χ1n) is 11.6. The van der Waals surface area contributed by atoms with Crippen LogP contribution in [0.15, 0.2) is 49.3 Å². The summed E-state index contributed by atoms with van der Waals surface area (Å²) >= 11 is 0. The SMILES string of the molecule is C=CCC(N1CCC(NC(=O)OC(C)(C)C)CC1)n1c(-c2cccnc2N)nc2cccnc21. The van der Waals surface area contributed by atoms with E-state index in [1.165, 1.54) is 0 Å². The van der Waals surface area contributed by atoms with Gasteiger partial charge in [-0.15, -0.1) is 6.58 Å². The number of anilines is 1. The molecule has 4 heterocycles. The number of nitrogens with one attached hydrogen (secondary N) is 1. The van der Waals surface area contributed by atoms with Crippen LogP contribution >= 0.6 is 0 Å². The van der Waals surface area contributed by atoms with Crippen LogP contribution < -0.4 is 11.1 Å². The molecule has 1 unspecified atom stereocenters. The van der Waals surface area contributed by atoms with Crippen molar-refractivity contribution in [2.75, 3.05) is 18.8 Å².